The normalized spacial score (nSPS) is 20.9. The lowest BCUT2D eigenvalue weighted by molar-refractivity contribution is -0.121. The lowest BCUT2D eigenvalue weighted by Crippen LogP contribution is -2.31. The number of hydrogen-bond acceptors (Lipinski definition) is 3. The zero-order valence-electron chi connectivity index (χ0n) is 11.6. The van der Waals surface area contributed by atoms with E-state index < -0.39 is 29.4 Å². The highest BCUT2D eigenvalue weighted by Crippen LogP contribution is 2.24. The molecular formula is C16H15F2N3O. The van der Waals surface area contributed by atoms with E-state index in [0.29, 0.717) is 0 Å². The van der Waals surface area contributed by atoms with Gasteiger partial charge in [0.15, 0.2) is 11.6 Å². The van der Waals surface area contributed by atoms with Crippen LogP contribution in [0.2, 0.25) is 0 Å². The van der Waals surface area contributed by atoms with Crippen LogP contribution in [0.25, 0.3) is 0 Å². The van der Waals surface area contributed by atoms with Gasteiger partial charge in [0.05, 0.1) is 11.6 Å². The summed E-state index contributed by atoms with van der Waals surface area (Å²) in [6, 6.07) is 3.15. The summed E-state index contributed by atoms with van der Waals surface area (Å²) in [7, 11) is 0. The second-order valence-electron chi connectivity index (χ2n) is 4.91. The van der Waals surface area contributed by atoms with Crippen LogP contribution in [0.4, 0.5) is 8.78 Å². The number of carbonyl (C=O) groups is 1. The molecule has 5 N–H and O–H groups in total. The summed E-state index contributed by atoms with van der Waals surface area (Å²) < 4.78 is 26.1. The van der Waals surface area contributed by atoms with E-state index in [0.717, 1.165) is 12.1 Å². The summed E-state index contributed by atoms with van der Waals surface area (Å²) in [5, 5.41) is 7.92. The molecule has 0 aromatic heterocycles. The Balaban J connectivity index is 2.25. The van der Waals surface area contributed by atoms with Crippen molar-refractivity contribution >= 4 is 11.6 Å². The predicted molar refractivity (Wildman–Crippen MR) is 79.9 cm³/mol. The van der Waals surface area contributed by atoms with Gasteiger partial charge >= 0.3 is 0 Å². The molecule has 1 aromatic carbocycles. The predicted octanol–water partition coefficient (Wildman–Crippen LogP) is 2.02. The molecule has 0 radical (unpaired) electrons. The van der Waals surface area contributed by atoms with Crippen molar-refractivity contribution in [2.45, 2.75) is 0 Å². The molecule has 2 rings (SSSR count). The molecule has 0 aliphatic heterocycles. The number of nitrogens with one attached hydrogen (secondary N) is 1. The Morgan fingerprint density at radius 3 is 2.32 bits per heavy atom. The van der Waals surface area contributed by atoms with Crippen LogP contribution in [-0.2, 0) is 4.79 Å². The third kappa shape index (κ3) is 3.28. The van der Waals surface area contributed by atoms with E-state index in [2.05, 4.69) is 0 Å². The first kappa shape index (κ1) is 15.6. The SMILES string of the molecule is N=C(C=C(N)C1C=CC=CC1C(N)=O)c1ccc(F)c(F)c1. The number of primary amides is 1. The minimum atomic E-state index is -1.04. The highest BCUT2D eigenvalue weighted by Gasteiger charge is 2.25. The molecule has 2 atom stereocenters. The van der Waals surface area contributed by atoms with Crippen molar-refractivity contribution in [3.63, 3.8) is 0 Å². The summed E-state index contributed by atoms with van der Waals surface area (Å²) in [6.45, 7) is 0. The maximum Gasteiger partial charge on any atom is 0.225 e. The number of amides is 1. The molecule has 22 heavy (non-hydrogen) atoms. The molecule has 4 nitrogen and oxygen atoms in total. The Labute approximate surface area is 126 Å². The van der Waals surface area contributed by atoms with Gasteiger partial charge in [0.25, 0.3) is 0 Å². The molecule has 1 aliphatic carbocycles. The van der Waals surface area contributed by atoms with Crippen molar-refractivity contribution in [1.82, 2.24) is 0 Å². The Morgan fingerprint density at radius 1 is 1.09 bits per heavy atom. The average Bonchev–Trinajstić information content (AvgIpc) is 2.49. The van der Waals surface area contributed by atoms with Crippen LogP contribution in [0.1, 0.15) is 5.56 Å². The highest BCUT2D eigenvalue weighted by atomic mass is 19.2. The molecule has 0 spiro atoms. The van der Waals surface area contributed by atoms with Crippen LogP contribution >= 0.6 is 0 Å². The summed E-state index contributed by atoms with van der Waals surface area (Å²) in [5.41, 5.74) is 11.6. The lowest BCUT2D eigenvalue weighted by Gasteiger charge is -2.22. The molecule has 1 amide bonds. The molecule has 0 saturated heterocycles. The van der Waals surface area contributed by atoms with Crippen LogP contribution in [0.15, 0.2) is 54.3 Å². The fourth-order valence-corrected chi connectivity index (χ4v) is 2.21. The molecular weight excluding hydrogens is 288 g/mol. The van der Waals surface area contributed by atoms with Crippen molar-refractivity contribution < 1.29 is 13.6 Å². The largest absolute Gasteiger partial charge is 0.401 e. The zero-order valence-corrected chi connectivity index (χ0v) is 11.6. The molecule has 0 bridgehead atoms. The van der Waals surface area contributed by atoms with Crippen LogP contribution < -0.4 is 11.5 Å². The molecule has 114 valence electrons. The van der Waals surface area contributed by atoms with Crippen molar-refractivity contribution in [2.75, 3.05) is 0 Å². The number of nitrogens with two attached hydrogens (primary N) is 2. The van der Waals surface area contributed by atoms with Gasteiger partial charge in [-0.05, 0) is 24.3 Å². The maximum atomic E-state index is 13.2. The number of halogens is 2. The van der Waals surface area contributed by atoms with Gasteiger partial charge < -0.3 is 16.9 Å². The van der Waals surface area contributed by atoms with Gasteiger partial charge in [-0.15, -0.1) is 0 Å². The Bertz CT molecular complexity index is 707. The van der Waals surface area contributed by atoms with Crippen molar-refractivity contribution in [2.24, 2.45) is 23.3 Å². The molecule has 0 heterocycles. The van der Waals surface area contributed by atoms with Gasteiger partial charge in [-0.1, -0.05) is 24.3 Å². The van der Waals surface area contributed by atoms with E-state index in [1.54, 1.807) is 24.3 Å². The minimum Gasteiger partial charge on any atom is -0.401 e. The minimum absolute atomic E-state index is 0.0810. The summed E-state index contributed by atoms with van der Waals surface area (Å²) in [5.74, 6) is -3.61. The van der Waals surface area contributed by atoms with Crippen molar-refractivity contribution in [3.05, 3.63) is 71.5 Å². The second kappa shape index (κ2) is 6.34. The maximum absolute atomic E-state index is 13.2. The van der Waals surface area contributed by atoms with E-state index in [4.69, 9.17) is 16.9 Å². The number of rotatable bonds is 4. The number of hydrogen-bond donors (Lipinski definition) is 3. The van der Waals surface area contributed by atoms with E-state index in [9.17, 15) is 13.6 Å². The third-order valence-electron chi connectivity index (χ3n) is 3.39. The van der Waals surface area contributed by atoms with Crippen molar-refractivity contribution in [3.8, 4) is 0 Å². The van der Waals surface area contributed by atoms with Gasteiger partial charge in [-0.25, -0.2) is 8.78 Å². The molecule has 6 heteroatoms. The summed E-state index contributed by atoms with van der Waals surface area (Å²) in [6.07, 6.45) is 8.08. The monoisotopic (exact) mass is 303 g/mol. The standard InChI is InChI=1S/C16H15F2N3O/c17-12-6-5-9(7-13(12)18)14(19)8-15(20)10-3-1-2-4-11(10)16(21)22/h1-8,10-11,19H,20H2,(H2,21,22). The first-order chi connectivity index (χ1) is 10.4. The van der Waals surface area contributed by atoms with Crippen LogP contribution in [-0.4, -0.2) is 11.6 Å². The van der Waals surface area contributed by atoms with E-state index >= 15 is 0 Å². The Morgan fingerprint density at radius 2 is 1.73 bits per heavy atom. The third-order valence-corrected chi connectivity index (χ3v) is 3.39. The first-order valence-electron chi connectivity index (χ1n) is 6.55. The van der Waals surface area contributed by atoms with Crippen LogP contribution in [0, 0.1) is 28.9 Å². The van der Waals surface area contributed by atoms with Crippen LogP contribution in [0.3, 0.4) is 0 Å². The summed E-state index contributed by atoms with van der Waals surface area (Å²) >= 11 is 0. The summed E-state index contributed by atoms with van der Waals surface area (Å²) in [4.78, 5) is 11.4. The molecule has 2 unspecified atom stereocenters. The van der Waals surface area contributed by atoms with E-state index in [-0.39, 0.29) is 17.0 Å². The molecule has 0 fully saturated rings. The fraction of sp³-hybridized carbons (Fsp3) is 0.125. The average molecular weight is 303 g/mol. The number of benzene rings is 1. The van der Waals surface area contributed by atoms with Gasteiger partial charge in [0.2, 0.25) is 5.91 Å². The number of allylic oxidation sites excluding steroid dienone is 4. The van der Waals surface area contributed by atoms with Gasteiger partial charge in [-0.3, -0.25) is 4.79 Å². The molecule has 1 aromatic rings. The van der Waals surface area contributed by atoms with Gasteiger partial charge in [-0.2, -0.15) is 0 Å². The lowest BCUT2D eigenvalue weighted by atomic mass is 9.85. The Kier molecular flexibility index (Phi) is 4.50. The zero-order chi connectivity index (χ0) is 16.3. The van der Waals surface area contributed by atoms with Gasteiger partial charge in [0.1, 0.15) is 0 Å². The van der Waals surface area contributed by atoms with Gasteiger partial charge in [0, 0.05) is 17.2 Å². The Hall–Kier alpha value is -2.76. The van der Waals surface area contributed by atoms with Crippen LogP contribution in [0.5, 0.6) is 0 Å². The molecule has 1 aliphatic rings. The fourth-order valence-electron chi connectivity index (χ4n) is 2.21. The second-order valence-corrected chi connectivity index (χ2v) is 4.91. The number of carbonyl (C=O) groups excluding carboxylic acids is 1. The topological polar surface area (TPSA) is 93.0 Å². The van der Waals surface area contributed by atoms with E-state index in [1.807, 2.05) is 0 Å². The van der Waals surface area contributed by atoms with E-state index in [1.165, 1.54) is 12.1 Å². The highest BCUT2D eigenvalue weighted by molar-refractivity contribution is 6.06. The van der Waals surface area contributed by atoms with Crippen molar-refractivity contribution in [1.29, 1.82) is 5.41 Å². The smallest absolute Gasteiger partial charge is 0.225 e. The quantitative estimate of drug-likeness (QED) is 0.742. The first-order valence-corrected chi connectivity index (χ1v) is 6.55. The molecule has 0 saturated carbocycles.